The van der Waals surface area contributed by atoms with Crippen molar-refractivity contribution < 1.29 is 9.59 Å². The van der Waals surface area contributed by atoms with Crippen LogP contribution in [0, 0.1) is 5.92 Å². The molecule has 0 spiro atoms. The van der Waals surface area contributed by atoms with Crippen molar-refractivity contribution in [1.82, 2.24) is 19.8 Å². The first-order valence-corrected chi connectivity index (χ1v) is 12.0. The number of aromatic nitrogens is 2. The lowest BCUT2D eigenvalue weighted by molar-refractivity contribution is -0.125. The molecule has 31 heavy (non-hydrogen) atoms. The van der Waals surface area contributed by atoms with E-state index in [9.17, 15) is 9.59 Å². The third-order valence-corrected chi connectivity index (χ3v) is 7.81. The van der Waals surface area contributed by atoms with E-state index in [1.807, 2.05) is 36.2 Å². The van der Waals surface area contributed by atoms with Crippen molar-refractivity contribution in [2.24, 2.45) is 13.0 Å². The minimum Gasteiger partial charge on any atom is -0.355 e. The molecule has 1 saturated heterocycles. The zero-order chi connectivity index (χ0) is 21.4. The number of rotatable bonds is 5. The number of carbonyl (C=O) groups is 2. The van der Waals surface area contributed by atoms with Crippen molar-refractivity contribution in [2.45, 2.75) is 38.5 Å². The number of amides is 2. The van der Waals surface area contributed by atoms with Crippen molar-refractivity contribution in [2.75, 3.05) is 19.6 Å². The molecular formula is C24H28N4O2S. The average molecular weight is 437 g/mol. The van der Waals surface area contributed by atoms with Gasteiger partial charge < -0.3 is 14.8 Å². The summed E-state index contributed by atoms with van der Waals surface area (Å²) in [6.45, 7) is 2.33. The van der Waals surface area contributed by atoms with Gasteiger partial charge in [-0.05, 0) is 55.9 Å². The molecule has 7 heteroatoms. The Bertz CT molecular complexity index is 1130. The van der Waals surface area contributed by atoms with Crippen molar-refractivity contribution in [3.05, 3.63) is 51.5 Å². The normalized spacial score (nSPS) is 18.4. The number of nitrogens with one attached hydrogen (secondary N) is 1. The molecule has 2 aliphatic rings. The van der Waals surface area contributed by atoms with E-state index in [0.29, 0.717) is 13.0 Å². The van der Waals surface area contributed by atoms with Gasteiger partial charge in [-0.15, -0.1) is 11.3 Å². The highest BCUT2D eigenvalue weighted by molar-refractivity contribution is 7.14. The third-order valence-electron chi connectivity index (χ3n) is 6.59. The Morgan fingerprint density at radius 3 is 2.84 bits per heavy atom. The molecule has 3 aromatic rings. The Kier molecular flexibility index (Phi) is 5.52. The number of hydrogen-bond acceptors (Lipinski definition) is 4. The van der Waals surface area contributed by atoms with Crippen LogP contribution in [0.15, 0.2) is 30.3 Å². The third kappa shape index (κ3) is 3.99. The average Bonchev–Trinajstić information content (AvgIpc) is 3.52. The summed E-state index contributed by atoms with van der Waals surface area (Å²) in [5.74, 6) is 1.25. The van der Waals surface area contributed by atoms with Gasteiger partial charge in [-0.25, -0.2) is 4.98 Å². The maximum Gasteiger partial charge on any atom is 0.263 e. The fourth-order valence-corrected chi connectivity index (χ4v) is 5.97. The van der Waals surface area contributed by atoms with Crippen molar-refractivity contribution in [3.63, 3.8) is 0 Å². The maximum atomic E-state index is 12.8. The van der Waals surface area contributed by atoms with Crippen LogP contribution in [-0.2, 0) is 31.1 Å². The van der Waals surface area contributed by atoms with Crippen molar-refractivity contribution >= 4 is 34.2 Å². The van der Waals surface area contributed by atoms with E-state index in [0.717, 1.165) is 66.9 Å². The first-order chi connectivity index (χ1) is 15.1. The molecule has 1 aliphatic carbocycles. The monoisotopic (exact) mass is 436 g/mol. The number of aryl methyl sites for hydroxylation is 2. The molecule has 0 radical (unpaired) electrons. The number of hydrogen-bond donors (Lipinski definition) is 1. The second kappa shape index (κ2) is 8.46. The van der Waals surface area contributed by atoms with Gasteiger partial charge in [0.05, 0.1) is 15.9 Å². The fourth-order valence-electron chi connectivity index (χ4n) is 4.79. The molecule has 0 saturated carbocycles. The van der Waals surface area contributed by atoms with Crippen molar-refractivity contribution in [1.29, 1.82) is 0 Å². The first kappa shape index (κ1) is 20.2. The van der Waals surface area contributed by atoms with Gasteiger partial charge in [0.1, 0.15) is 5.82 Å². The molecular weight excluding hydrogens is 408 g/mol. The van der Waals surface area contributed by atoms with Gasteiger partial charge in [0, 0.05) is 43.9 Å². The quantitative estimate of drug-likeness (QED) is 0.667. The van der Waals surface area contributed by atoms with Crippen LogP contribution < -0.4 is 5.32 Å². The second-order valence-corrected chi connectivity index (χ2v) is 9.75. The van der Waals surface area contributed by atoms with Crippen LogP contribution in [0.3, 0.4) is 0 Å². The zero-order valence-corrected chi connectivity index (χ0v) is 18.7. The van der Waals surface area contributed by atoms with E-state index >= 15 is 0 Å². The number of imidazole rings is 1. The predicted molar refractivity (Wildman–Crippen MR) is 122 cm³/mol. The summed E-state index contributed by atoms with van der Waals surface area (Å²) >= 11 is 1.63. The van der Waals surface area contributed by atoms with Gasteiger partial charge in [0.25, 0.3) is 5.91 Å². The lowest BCUT2D eigenvalue weighted by Crippen LogP contribution is -2.35. The summed E-state index contributed by atoms with van der Waals surface area (Å²) in [6.07, 6.45) is 5.39. The highest BCUT2D eigenvalue weighted by atomic mass is 32.1. The number of fused-ring (bicyclic) bond motifs is 2. The lowest BCUT2D eigenvalue weighted by atomic mass is 9.87. The van der Waals surface area contributed by atoms with E-state index in [-0.39, 0.29) is 17.7 Å². The van der Waals surface area contributed by atoms with Crippen LogP contribution in [0.4, 0.5) is 0 Å². The second-order valence-electron chi connectivity index (χ2n) is 8.61. The minimum absolute atomic E-state index is 0.0164. The fraction of sp³-hybridized carbons (Fsp3) is 0.458. The molecule has 5 rings (SSSR count). The van der Waals surface area contributed by atoms with Gasteiger partial charge >= 0.3 is 0 Å². The summed E-state index contributed by atoms with van der Waals surface area (Å²) < 4.78 is 2.10. The van der Waals surface area contributed by atoms with Crippen molar-refractivity contribution in [3.8, 4) is 0 Å². The van der Waals surface area contributed by atoms with Crippen LogP contribution in [0.1, 0.15) is 45.2 Å². The van der Waals surface area contributed by atoms with Gasteiger partial charge in [0.2, 0.25) is 5.91 Å². The molecule has 162 valence electrons. The summed E-state index contributed by atoms with van der Waals surface area (Å²) in [4.78, 5) is 34.3. The Morgan fingerprint density at radius 2 is 2.03 bits per heavy atom. The van der Waals surface area contributed by atoms with Gasteiger partial charge in [-0.1, -0.05) is 12.1 Å². The SMILES string of the molecule is Cn1c(CCNC(=O)[C@@H]2CCc3sc(C(=O)N4CCCC4)cc3C2)nc2ccccc21. The van der Waals surface area contributed by atoms with Crippen LogP contribution >= 0.6 is 11.3 Å². The summed E-state index contributed by atoms with van der Waals surface area (Å²) in [5.41, 5.74) is 3.29. The number of thiophene rings is 1. The molecule has 1 aliphatic heterocycles. The Morgan fingerprint density at radius 1 is 1.23 bits per heavy atom. The van der Waals surface area contributed by atoms with Crippen LogP contribution in [0.25, 0.3) is 11.0 Å². The van der Waals surface area contributed by atoms with E-state index in [4.69, 9.17) is 0 Å². The lowest BCUT2D eigenvalue weighted by Gasteiger charge is -2.21. The van der Waals surface area contributed by atoms with Crippen LogP contribution in [-0.4, -0.2) is 45.9 Å². The van der Waals surface area contributed by atoms with E-state index in [1.54, 1.807) is 11.3 Å². The van der Waals surface area contributed by atoms with E-state index in [2.05, 4.69) is 20.9 Å². The molecule has 1 N–H and O–H groups in total. The number of nitrogens with zero attached hydrogens (tertiary/aromatic N) is 3. The molecule has 0 bridgehead atoms. The summed E-state index contributed by atoms with van der Waals surface area (Å²) in [6, 6.07) is 10.1. The van der Waals surface area contributed by atoms with E-state index < -0.39 is 0 Å². The highest BCUT2D eigenvalue weighted by Gasteiger charge is 2.29. The molecule has 1 aromatic carbocycles. The van der Waals surface area contributed by atoms with Gasteiger partial charge in [-0.3, -0.25) is 9.59 Å². The number of para-hydroxylation sites is 2. The molecule has 1 atom stereocenters. The molecule has 6 nitrogen and oxygen atoms in total. The van der Waals surface area contributed by atoms with Gasteiger partial charge in [0.15, 0.2) is 0 Å². The standard InChI is InChI=1S/C24H28N4O2S/c1-27-19-7-3-2-6-18(19)26-22(27)10-11-25-23(29)16-8-9-20-17(14-16)15-21(31-20)24(30)28-12-4-5-13-28/h2-3,6-7,15-16H,4-5,8-14H2,1H3,(H,25,29)/t16-/m1/s1. The summed E-state index contributed by atoms with van der Waals surface area (Å²) in [5, 5.41) is 3.11. The largest absolute Gasteiger partial charge is 0.355 e. The number of likely N-dealkylation sites (tertiary alicyclic amines) is 1. The van der Waals surface area contributed by atoms with Gasteiger partial charge in [-0.2, -0.15) is 0 Å². The zero-order valence-electron chi connectivity index (χ0n) is 17.9. The highest BCUT2D eigenvalue weighted by Crippen LogP contribution is 2.33. The van der Waals surface area contributed by atoms with Crippen LogP contribution in [0.2, 0.25) is 0 Å². The minimum atomic E-state index is -0.0164. The smallest absolute Gasteiger partial charge is 0.263 e. The Hall–Kier alpha value is -2.67. The number of benzene rings is 1. The molecule has 1 fully saturated rings. The Balaban J connectivity index is 1.18. The van der Waals surface area contributed by atoms with E-state index in [1.165, 1.54) is 10.4 Å². The molecule has 0 unspecified atom stereocenters. The Labute approximate surface area is 186 Å². The first-order valence-electron chi connectivity index (χ1n) is 11.2. The number of carbonyl (C=O) groups excluding carboxylic acids is 2. The maximum absolute atomic E-state index is 12.8. The molecule has 3 heterocycles. The molecule has 2 amide bonds. The predicted octanol–water partition coefficient (Wildman–Crippen LogP) is 3.33. The summed E-state index contributed by atoms with van der Waals surface area (Å²) in [7, 11) is 2.02. The molecule has 2 aromatic heterocycles. The van der Waals surface area contributed by atoms with Crippen LogP contribution in [0.5, 0.6) is 0 Å². The topological polar surface area (TPSA) is 67.2 Å².